The van der Waals surface area contributed by atoms with Gasteiger partial charge in [0.15, 0.2) is 5.78 Å². The van der Waals surface area contributed by atoms with E-state index in [0.29, 0.717) is 16.8 Å². The molecule has 1 amide bonds. The Balaban J connectivity index is 2.06. The lowest BCUT2D eigenvalue weighted by molar-refractivity contribution is -0.131. The highest BCUT2D eigenvalue weighted by Crippen LogP contribution is 2.16. The number of hydrogen-bond acceptors (Lipinski definition) is 4. The van der Waals surface area contributed by atoms with E-state index in [0.717, 1.165) is 10.5 Å². The van der Waals surface area contributed by atoms with Gasteiger partial charge in [-0.25, -0.2) is 0 Å². The van der Waals surface area contributed by atoms with Gasteiger partial charge in [0, 0.05) is 27.4 Å². The molecule has 0 heterocycles. The lowest BCUT2D eigenvalue weighted by Crippen LogP contribution is -2.21. The second-order valence-electron chi connectivity index (χ2n) is 4.99. The van der Waals surface area contributed by atoms with Gasteiger partial charge in [0.25, 0.3) is 5.91 Å². The largest absolute Gasteiger partial charge is 0.507 e. The Hall–Kier alpha value is -2.73. The Kier molecular flexibility index (Phi) is 5.65. The molecule has 0 fully saturated rings. The second kappa shape index (κ2) is 7.70. The molecule has 0 saturated carbocycles. The molecule has 0 saturated heterocycles. The number of aliphatic hydroxyl groups excluding tert-OH is 1. The van der Waals surface area contributed by atoms with Crippen molar-refractivity contribution < 1.29 is 19.5 Å². The van der Waals surface area contributed by atoms with E-state index in [1.807, 2.05) is 0 Å². The molecule has 0 spiro atoms. The van der Waals surface area contributed by atoms with Crippen LogP contribution in [0, 0.1) is 0 Å². The fourth-order valence-electron chi connectivity index (χ4n) is 1.87. The predicted octanol–water partition coefficient (Wildman–Crippen LogP) is 3.76. The van der Waals surface area contributed by atoms with Crippen LogP contribution < -0.4 is 5.32 Å². The zero-order chi connectivity index (χ0) is 17.7. The number of anilines is 1. The van der Waals surface area contributed by atoms with Crippen LogP contribution in [0.15, 0.2) is 59.1 Å². The molecule has 0 aliphatic rings. The summed E-state index contributed by atoms with van der Waals surface area (Å²) in [6, 6.07) is 12.8. The van der Waals surface area contributed by atoms with Crippen molar-refractivity contribution in [2.45, 2.75) is 6.92 Å². The van der Waals surface area contributed by atoms with E-state index in [-0.39, 0.29) is 11.5 Å². The number of carbonyl (C=O) groups is 3. The molecule has 0 aliphatic heterocycles. The SMILES string of the molecule is CC(=O)c1ccc(NC(=O)C(=O)C=C(O)c2ccc(Br)cc2)cc1. The summed E-state index contributed by atoms with van der Waals surface area (Å²) < 4.78 is 0.831. The topological polar surface area (TPSA) is 83.5 Å². The number of hydrogen-bond donors (Lipinski definition) is 2. The summed E-state index contributed by atoms with van der Waals surface area (Å²) in [5, 5.41) is 12.3. The van der Waals surface area contributed by atoms with E-state index in [4.69, 9.17) is 0 Å². The third-order valence-electron chi connectivity index (χ3n) is 3.18. The summed E-state index contributed by atoms with van der Waals surface area (Å²) in [5.74, 6) is -2.15. The van der Waals surface area contributed by atoms with Crippen molar-refractivity contribution in [3.05, 3.63) is 70.2 Å². The third kappa shape index (κ3) is 4.63. The molecule has 0 unspecified atom stereocenters. The van der Waals surface area contributed by atoms with Gasteiger partial charge in [0.2, 0.25) is 5.78 Å². The number of halogens is 1. The average molecular weight is 388 g/mol. The molecule has 0 atom stereocenters. The van der Waals surface area contributed by atoms with Crippen LogP contribution in [0.3, 0.4) is 0 Å². The van der Waals surface area contributed by atoms with Gasteiger partial charge < -0.3 is 10.4 Å². The molecule has 0 bridgehead atoms. The Morgan fingerprint density at radius 3 is 2.04 bits per heavy atom. The molecule has 2 N–H and O–H groups in total. The number of nitrogens with one attached hydrogen (secondary N) is 1. The highest BCUT2D eigenvalue weighted by Gasteiger charge is 2.13. The Morgan fingerprint density at radius 1 is 0.958 bits per heavy atom. The molecule has 0 aromatic heterocycles. The third-order valence-corrected chi connectivity index (χ3v) is 3.71. The average Bonchev–Trinajstić information content (AvgIpc) is 2.55. The summed E-state index contributed by atoms with van der Waals surface area (Å²) in [5.41, 5.74) is 1.31. The standard InChI is InChI=1S/C18H14BrNO4/c1-11(21)12-4-8-15(9-5-12)20-18(24)17(23)10-16(22)13-2-6-14(19)7-3-13/h2-10,22H,1H3,(H,20,24). The molecule has 0 aliphatic carbocycles. The van der Waals surface area contributed by atoms with Crippen LogP contribution in [0.25, 0.3) is 5.76 Å². The van der Waals surface area contributed by atoms with Gasteiger partial charge in [-0.05, 0) is 43.3 Å². The smallest absolute Gasteiger partial charge is 0.296 e. The van der Waals surface area contributed by atoms with Gasteiger partial charge in [-0.15, -0.1) is 0 Å². The highest BCUT2D eigenvalue weighted by molar-refractivity contribution is 9.10. The van der Waals surface area contributed by atoms with Gasteiger partial charge in [-0.3, -0.25) is 14.4 Å². The van der Waals surface area contributed by atoms with Crippen molar-refractivity contribution >= 4 is 44.9 Å². The zero-order valence-electron chi connectivity index (χ0n) is 12.7. The van der Waals surface area contributed by atoms with Crippen molar-refractivity contribution in [2.24, 2.45) is 0 Å². The van der Waals surface area contributed by atoms with E-state index in [1.54, 1.807) is 36.4 Å². The minimum Gasteiger partial charge on any atom is -0.507 e. The van der Waals surface area contributed by atoms with Gasteiger partial charge in [0.1, 0.15) is 5.76 Å². The van der Waals surface area contributed by atoms with E-state index in [2.05, 4.69) is 21.2 Å². The zero-order valence-corrected chi connectivity index (χ0v) is 14.3. The summed E-state index contributed by atoms with van der Waals surface area (Å²) in [6.07, 6.45) is 0.864. The maximum atomic E-state index is 11.9. The van der Waals surface area contributed by atoms with Crippen LogP contribution in [0.5, 0.6) is 0 Å². The van der Waals surface area contributed by atoms with Crippen molar-refractivity contribution in [1.82, 2.24) is 0 Å². The first-order chi connectivity index (χ1) is 11.4. The van der Waals surface area contributed by atoms with Crippen LogP contribution in [-0.2, 0) is 9.59 Å². The van der Waals surface area contributed by atoms with Gasteiger partial charge in [-0.1, -0.05) is 28.1 Å². The van der Waals surface area contributed by atoms with Crippen LogP contribution in [0.4, 0.5) is 5.69 Å². The Bertz CT molecular complexity index is 808. The highest BCUT2D eigenvalue weighted by atomic mass is 79.9. The number of ketones is 2. The molecule has 0 radical (unpaired) electrons. The first kappa shape index (κ1) is 17.6. The molecule has 5 nitrogen and oxygen atoms in total. The monoisotopic (exact) mass is 387 g/mol. The number of Topliss-reactive ketones (excluding diaryl/α,β-unsaturated/α-hetero) is 1. The lowest BCUT2D eigenvalue weighted by atomic mass is 10.1. The molecule has 6 heteroatoms. The van der Waals surface area contributed by atoms with E-state index >= 15 is 0 Å². The van der Waals surface area contributed by atoms with Gasteiger partial charge in [0.05, 0.1) is 0 Å². The van der Waals surface area contributed by atoms with Crippen molar-refractivity contribution in [2.75, 3.05) is 5.32 Å². The van der Waals surface area contributed by atoms with Crippen LogP contribution in [0.2, 0.25) is 0 Å². The Morgan fingerprint density at radius 2 is 1.50 bits per heavy atom. The fourth-order valence-corrected chi connectivity index (χ4v) is 2.14. The molecular weight excluding hydrogens is 374 g/mol. The van der Waals surface area contributed by atoms with E-state index in [1.165, 1.54) is 19.1 Å². The summed E-state index contributed by atoms with van der Waals surface area (Å²) in [4.78, 5) is 34.9. The van der Waals surface area contributed by atoms with Gasteiger partial charge >= 0.3 is 0 Å². The Labute approximate surface area is 147 Å². The van der Waals surface area contributed by atoms with Crippen LogP contribution in [0.1, 0.15) is 22.8 Å². The fraction of sp³-hybridized carbons (Fsp3) is 0.0556. The number of benzene rings is 2. The van der Waals surface area contributed by atoms with E-state index in [9.17, 15) is 19.5 Å². The molecule has 24 heavy (non-hydrogen) atoms. The molecular formula is C18H14BrNO4. The first-order valence-electron chi connectivity index (χ1n) is 7.00. The molecule has 2 aromatic rings. The van der Waals surface area contributed by atoms with Crippen molar-refractivity contribution in [3.8, 4) is 0 Å². The second-order valence-corrected chi connectivity index (χ2v) is 5.90. The number of carbonyl (C=O) groups excluding carboxylic acids is 3. The quantitative estimate of drug-likeness (QED) is 0.354. The molecule has 2 aromatic carbocycles. The maximum Gasteiger partial charge on any atom is 0.296 e. The predicted molar refractivity (Wildman–Crippen MR) is 94.8 cm³/mol. The van der Waals surface area contributed by atoms with Gasteiger partial charge in [-0.2, -0.15) is 0 Å². The summed E-state index contributed by atoms with van der Waals surface area (Å²) >= 11 is 3.27. The molecule has 2 rings (SSSR count). The van der Waals surface area contributed by atoms with Crippen LogP contribution in [-0.4, -0.2) is 22.6 Å². The normalized spacial score (nSPS) is 11.0. The number of aliphatic hydroxyl groups is 1. The van der Waals surface area contributed by atoms with Crippen molar-refractivity contribution in [1.29, 1.82) is 0 Å². The molecule has 122 valence electrons. The van der Waals surface area contributed by atoms with Crippen LogP contribution >= 0.6 is 15.9 Å². The van der Waals surface area contributed by atoms with Crippen molar-refractivity contribution in [3.63, 3.8) is 0 Å². The summed E-state index contributed by atoms with van der Waals surface area (Å²) in [7, 11) is 0. The lowest BCUT2D eigenvalue weighted by Gasteiger charge is -2.04. The summed E-state index contributed by atoms with van der Waals surface area (Å²) in [6.45, 7) is 1.44. The minimum atomic E-state index is -0.883. The maximum absolute atomic E-state index is 11.9. The first-order valence-corrected chi connectivity index (χ1v) is 7.79. The van der Waals surface area contributed by atoms with E-state index < -0.39 is 11.7 Å². The number of amides is 1. The number of rotatable bonds is 5. The minimum absolute atomic E-state index is 0.0914.